The standard InChI is InChI=1S/C8H9ClN4S2/c1-5-3-7(13(2)11-5)14-4-6-8(9)15-12-10-6/h3H,4H2,1-2H3. The maximum Gasteiger partial charge on any atom is 0.138 e. The van der Waals surface area contributed by atoms with Gasteiger partial charge < -0.3 is 0 Å². The number of hydrogen-bond acceptors (Lipinski definition) is 5. The molecule has 0 unspecified atom stereocenters. The molecule has 0 bridgehead atoms. The van der Waals surface area contributed by atoms with Crippen LogP contribution in [0.1, 0.15) is 11.4 Å². The number of aryl methyl sites for hydroxylation is 2. The molecule has 2 aromatic heterocycles. The minimum absolute atomic E-state index is 0.668. The van der Waals surface area contributed by atoms with Crippen molar-refractivity contribution in [1.29, 1.82) is 0 Å². The zero-order valence-corrected chi connectivity index (χ0v) is 10.7. The van der Waals surface area contributed by atoms with E-state index in [1.165, 1.54) is 11.5 Å². The highest BCUT2D eigenvalue weighted by Gasteiger charge is 2.08. The van der Waals surface area contributed by atoms with Crippen molar-refractivity contribution in [2.24, 2.45) is 7.05 Å². The summed E-state index contributed by atoms with van der Waals surface area (Å²) in [7, 11) is 1.93. The van der Waals surface area contributed by atoms with E-state index in [2.05, 4.69) is 14.7 Å². The highest BCUT2D eigenvalue weighted by atomic mass is 35.5. The topological polar surface area (TPSA) is 43.6 Å². The van der Waals surface area contributed by atoms with Crippen molar-refractivity contribution >= 4 is 34.9 Å². The molecule has 7 heteroatoms. The van der Waals surface area contributed by atoms with Gasteiger partial charge in [0, 0.05) is 24.3 Å². The number of aromatic nitrogens is 4. The molecule has 2 aromatic rings. The van der Waals surface area contributed by atoms with E-state index in [-0.39, 0.29) is 0 Å². The van der Waals surface area contributed by atoms with Gasteiger partial charge in [0.05, 0.1) is 10.7 Å². The second-order valence-electron chi connectivity index (χ2n) is 3.03. The number of rotatable bonds is 3. The fraction of sp³-hybridized carbons (Fsp3) is 0.375. The summed E-state index contributed by atoms with van der Waals surface area (Å²) >= 11 is 8.79. The zero-order valence-electron chi connectivity index (χ0n) is 8.27. The van der Waals surface area contributed by atoms with Crippen LogP contribution >= 0.6 is 34.9 Å². The van der Waals surface area contributed by atoms with Crippen molar-refractivity contribution in [3.05, 3.63) is 21.8 Å². The Bertz CT molecular complexity index is 465. The van der Waals surface area contributed by atoms with Crippen molar-refractivity contribution in [2.75, 3.05) is 0 Å². The van der Waals surface area contributed by atoms with Crippen molar-refractivity contribution in [3.63, 3.8) is 0 Å². The first-order chi connectivity index (χ1) is 7.16. The van der Waals surface area contributed by atoms with Gasteiger partial charge in [0.1, 0.15) is 10.0 Å². The summed E-state index contributed by atoms with van der Waals surface area (Å²) < 4.78 is 6.31. The van der Waals surface area contributed by atoms with Gasteiger partial charge in [0.15, 0.2) is 0 Å². The molecule has 0 saturated heterocycles. The predicted molar refractivity (Wildman–Crippen MR) is 62.4 cm³/mol. The first-order valence-electron chi connectivity index (χ1n) is 4.27. The molecule has 0 aliphatic carbocycles. The molecule has 0 aromatic carbocycles. The molecular formula is C8H9ClN4S2. The Morgan fingerprint density at radius 1 is 1.60 bits per heavy atom. The lowest BCUT2D eigenvalue weighted by Crippen LogP contribution is -1.93. The van der Waals surface area contributed by atoms with Crippen LogP contribution in [0.4, 0.5) is 0 Å². The van der Waals surface area contributed by atoms with Gasteiger partial charge in [-0.25, -0.2) is 0 Å². The molecular weight excluding hydrogens is 252 g/mol. The van der Waals surface area contributed by atoms with Crippen LogP contribution in [0.3, 0.4) is 0 Å². The molecule has 0 radical (unpaired) electrons. The van der Waals surface area contributed by atoms with Crippen LogP contribution in [0.5, 0.6) is 0 Å². The molecule has 0 aliphatic heterocycles. The average molecular weight is 261 g/mol. The van der Waals surface area contributed by atoms with Crippen LogP contribution in [0, 0.1) is 6.92 Å². The summed E-state index contributed by atoms with van der Waals surface area (Å²) in [6, 6.07) is 2.04. The first-order valence-corrected chi connectivity index (χ1v) is 6.40. The van der Waals surface area contributed by atoms with Gasteiger partial charge in [0.2, 0.25) is 0 Å². The van der Waals surface area contributed by atoms with Crippen molar-refractivity contribution in [1.82, 2.24) is 19.4 Å². The van der Waals surface area contributed by atoms with E-state index in [9.17, 15) is 0 Å². The summed E-state index contributed by atoms with van der Waals surface area (Å²) in [5, 5.41) is 9.32. The lowest BCUT2D eigenvalue weighted by atomic mass is 10.5. The first kappa shape index (κ1) is 10.9. The fourth-order valence-corrected chi connectivity index (χ4v) is 2.91. The second-order valence-corrected chi connectivity index (χ2v) is 5.38. The van der Waals surface area contributed by atoms with Crippen molar-refractivity contribution in [2.45, 2.75) is 17.7 Å². The van der Waals surface area contributed by atoms with Crippen molar-refractivity contribution < 1.29 is 0 Å². The molecule has 0 fully saturated rings. The normalized spacial score (nSPS) is 10.9. The number of halogens is 1. The van der Waals surface area contributed by atoms with Crippen LogP contribution in [0.25, 0.3) is 0 Å². The fourth-order valence-electron chi connectivity index (χ4n) is 1.15. The molecule has 0 atom stereocenters. The van der Waals surface area contributed by atoms with Crippen LogP contribution < -0.4 is 0 Å². The van der Waals surface area contributed by atoms with Gasteiger partial charge in [-0.1, -0.05) is 16.1 Å². The highest BCUT2D eigenvalue weighted by molar-refractivity contribution is 7.98. The Morgan fingerprint density at radius 3 is 2.93 bits per heavy atom. The van der Waals surface area contributed by atoms with E-state index in [1.54, 1.807) is 11.8 Å². The van der Waals surface area contributed by atoms with E-state index in [0.717, 1.165) is 22.2 Å². The lowest BCUT2D eigenvalue weighted by Gasteiger charge is -1.98. The molecule has 0 amide bonds. The molecule has 0 spiro atoms. The van der Waals surface area contributed by atoms with Gasteiger partial charge >= 0.3 is 0 Å². The van der Waals surface area contributed by atoms with E-state index in [0.29, 0.717) is 4.34 Å². The van der Waals surface area contributed by atoms with Crippen molar-refractivity contribution in [3.8, 4) is 0 Å². The van der Waals surface area contributed by atoms with E-state index >= 15 is 0 Å². The second kappa shape index (κ2) is 4.51. The number of nitrogens with zero attached hydrogens (tertiary/aromatic N) is 4. The SMILES string of the molecule is Cc1cc(SCc2nnsc2Cl)n(C)n1. The van der Waals surface area contributed by atoms with Gasteiger partial charge in [0.25, 0.3) is 0 Å². The van der Waals surface area contributed by atoms with Crippen LogP contribution in [-0.2, 0) is 12.8 Å². The Labute approximate surface area is 101 Å². The predicted octanol–water partition coefficient (Wildman–Crippen LogP) is 2.53. The molecule has 4 nitrogen and oxygen atoms in total. The number of hydrogen-bond donors (Lipinski definition) is 0. The third kappa shape index (κ3) is 2.50. The van der Waals surface area contributed by atoms with E-state index < -0.39 is 0 Å². The molecule has 0 N–H and O–H groups in total. The summed E-state index contributed by atoms with van der Waals surface area (Å²) in [5.74, 6) is 0.730. The molecule has 0 aliphatic rings. The quantitative estimate of drug-likeness (QED) is 0.796. The highest BCUT2D eigenvalue weighted by Crippen LogP contribution is 2.26. The Morgan fingerprint density at radius 2 is 2.40 bits per heavy atom. The summed E-state index contributed by atoms with van der Waals surface area (Å²) in [6.07, 6.45) is 0. The summed E-state index contributed by atoms with van der Waals surface area (Å²) in [6.45, 7) is 1.97. The van der Waals surface area contributed by atoms with Gasteiger partial charge in [-0.2, -0.15) is 5.10 Å². The summed E-state index contributed by atoms with van der Waals surface area (Å²) in [5.41, 5.74) is 1.85. The minimum Gasteiger partial charge on any atom is -0.262 e. The maximum atomic E-state index is 5.91. The van der Waals surface area contributed by atoms with Crippen LogP contribution in [-0.4, -0.2) is 19.4 Å². The van der Waals surface area contributed by atoms with E-state index in [1.807, 2.05) is 24.7 Å². The molecule has 0 saturated carbocycles. The Kier molecular flexibility index (Phi) is 3.28. The van der Waals surface area contributed by atoms with Crippen LogP contribution in [0.15, 0.2) is 11.1 Å². The molecule has 2 rings (SSSR count). The maximum absolute atomic E-state index is 5.91. The smallest absolute Gasteiger partial charge is 0.138 e. The minimum atomic E-state index is 0.668. The van der Waals surface area contributed by atoms with E-state index in [4.69, 9.17) is 11.6 Å². The summed E-state index contributed by atoms with van der Waals surface area (Å²) in [4.78, 5) is 0. The van der Waals surface area contributed by atoms with Gasteiger partial charge in [-0.15, -0.1) is 16.9 Å². The third-order valence-corrected chi connectivity index (χ3v) is 3.91. The molecule has 80 valence electrons. The van der Waals surface area contributed by atoms with Crippen LogP contribution in [0.2, 0.25) is 4.34 Å². The van der Waals surface area contributed by atoms with Gasteiger partial charge in [-0.05, 0) is 13.0 Å². The van der Waals surface area contributed by atoms with Gasteiger partial charge in [-0.3, -0.25) is 4.68 Å². The monoisotopic (exact) mass is 260 g/mol. The Hall–Kier alpha value is -0.590. The number of thioether (sulfide) groups is 1. The lowest BCUT2D eigenvalue weighted by molar-refractivity contribution is 0.692. The molecule has 2 heterocycles. The largest absolute Gasteiger partial charge is 0.262 e. The zero-order chi connectivity index (χ0) is 10.8. The molecule has 15 heavy (non-hydrogen) atoms. The Balaban J connectivity index is 2.05. The average Bonchev–Trinajstić information content (AvgIpc) is 2.70. The third-order valence-electron chi connectivity index (χ3n) is 1.83.